The van der Waals surface area contributed by atoms with E-state index < -0.39 is 21.8 Å². The van der Waals surface area contributed by atoms with Gasteiger partial charge in [-0.15, -0.1) is 0 Å². The monoisotopic (exact) mass is 441 g/mol. The summed E-state index contributed by atoms with van der Waals surface area (Å²) in [4.78, 5) is 38.3. The summed E-state index contributed by atoms with van der Waals surface area (Å²) in [5.41, 5.74) is 1.14. The third-order valence-corrected chi connectivity index (χ3v) is 7.44. The van der Waals surface area contributed by atoms with E-state index in [1.165, 1.54) is 28.6 Å². The highest BCUT2D eigenvalue weighted by Crippen LogP contribution is 2.24. The molecule has 8 nitrogen and oxygen atoms in total. The van der Waals surface area contributed by atoms with Crippen molar-refractivity contribution in [1.29, 1.82) is 0 Å². The third-order valence-electron chi connectivity index (χ3n) is 5.53. The summed E-state index contributed by atoms with van der Waals surface area (Å²) in [6.45, 7) is 1.02. The van der Waals surface area contributed by atoms with Crippen molar-refractivity contribution in [3.05, 3.63) is 59.7 Å². The minimum Gasteiger partial charge on any atom is -0.326 e. The van der Waals surface area contributed by atoms with Gasteiger partial charge in [0, 0.05) is 31.7 Å². The smallest absolute Gasteiger partial charge is 0.261 e. The van der Waals surface area contributed by atoms with Gasteiger partial charge in [0.1, 0.15) is 0 Å². The summed E-state index contributed by atoms with van der Waals surface area (Å²) >= 11 is 0. The van der Waals surface area contributed by atoms with E-state index in [9.17, 15) is 22.8 Å². The van der Waals surface area contributed by atoms with Gasteiger partial charge in [-0.05, 0) is 49.2 Å². The molecule has 1 saturated heterocycles. The molecule has 2 aromatic rings. The lowest BCUT2D eigenvalue weighted by Crippen LogP contribution is -2.35. The Balaban J connectivity index is 1.34. The molecule has 3 amide bonds. The number of piperidine rings is 1. The van der Waals surface area contributed by atoms with Crippen LogP contribution in [-0.2, 0) is 14.8 Å². The van der Waals surface area contributed by atoms with Crippen molar-refractivity contribution in [2.45, 2.75) is 30.6 Å². The zero-order valence-electron chi connectivity index (χ0n) is 16.9. The summed E-state index contributed by atoms with van der Waals surface area (Å²) in [5.74, 6) is -1.18. The van der Waals surface area contributed by atoms with Crippen molar-refractivity contribution in [3.8, 4) is 0 Å². The maximum absolute atomic E-state index is 12.7. The highest BCUT2D eigenvalue weighted by Gasteiger charge is 2.35. The van der Waals surface area contributed by atoms with Crippen LogP contribution in [-0.4, -0.2) is 55.0 Å². The van der Waals surface area contributed by atoms with Crippen LogP contribution in [0, 0.1) is 0 Å². The summed E-state index contributed by atoms with van der Waals surface area (Å²) in [6, 6.07) is 12.6. The van der Waals surface area contributed by atoms with Gasteiger partial charge < -0.3 is 5.32 Å². The maximum Gasteiger partial charge on any atom is 0.261 e. The highest BCUT2D eigenvalue weighted by molar-refractivity contribution is 7.89. The first-order valence-corrected chi connectivity index (χ1v) is 11.7. The fourth-order valence-electron chi connectivity index (χ4n) is 3.84. The first-order chi connectivity index (χ1) is 14.9. The molecule has 0 aromatic heterocycles. The number of hydrogen-bond acceptors (Lipinski definition) is 5. The van der Waals surface area contributed by atoms with Gasteiger partial charge in [-0.1, -0.05) is 18.6 Å². The number of rotatable bonds is 6. The Hall–Kier alpha value is -3.04. The Labute approximate surface area is 180 Å². The number of imide groups is 1. The van der Waals surface area contributed by atoms with E-state index in [1.807, 2.05) is 0 Å². The Morgan fingerprint density at radius 2 is 1.45 bits per heavy atom. The fourth-order valence-corrected chi connectivity index (χ4v) is 5.36. The van der Waals surface area contributed by atoms with Crippen molar-refractivity contribution in [2.24, 2.45) is 0 Å². The largest absolute Gasteiger partial charge is 0.326 e. The number of amides is 3. The number of fused-ring (bicyclic) bond motifs is 1. The molecule has 0 aliphatic carbocycles. The molecule has 0 spiro atoms. The van der Waals surface area contributed by atoms with Crippen molar-refractivity contribution in [1.82, 2.24) is 9.21 Å². The van der Waals surface area contributed by atoms with Crippen LogP contribution in [0.15, 0.2) is 53.4 Å². The average molecular weight is 442 g/mol. The number of carbonyl (C=O) groups excluding carboxylic acids is 3. The van der Waals surface area contributed by atoms with E-state index in [0.29, 0.717) is 29.9 Å². The molecule has 1 fully saturated rings. The molecule has 0 atom stereocenters. The molecule has 0 bridgehead atoms. The molecular weight excluding hydrogens is 418 g/mol. The molecule has 2 aliphatic rings. The van der Waals surface area contributed by atoms with Gasteiger partial charge in [-0.2, -0.15) is 4.31 Å². The summed E-state index contributed by atoms with van der Waals surface area (Å²) in [6.07, 6.45) is 2.71. The lowest BCUT2D eigenvalue weighted by atomic mass is 10.1. The van der Waals surface area contributed by atoms with Crippen molar-refractivity contribution >= 4 is 33.4 Å². The van der Waals surface area contributed by atoms with E-state index in [4.69, 9.17) is 0 Å². The molecule has 31 heavy (non-hydrogen) atoms. The molecule has 4 rings (SSSR count). The van der Waals surface area contributed by atoms with Crippen molar-refractivity contribution < 1.29 is 22.8 Å². The Bertz CT molecular complexity index is 1090. The van der Waals surface area contributed by atoms with Crippen LogP contribution in [0.1, 0.15) is 46.4 Å². The second-order valence-electron chi connectivity index (χ2n) is 7.59. The molecule has 0 radical (unpaired) electrons. The van der Waals surface area contributed by atoms with Crippen LogP contribution in [0.25, 0.3) is 0 Å². The average Bonchev–Trinajstić information content (AvgIpc) is 3.03. The predicted octanol–water partition coefficient (Wildman–Crippen LogP) is 2.49. The lowest BCUT2D eigenvalue weighted by molar-refractivity contribution is -0.116. The van der Waals surface area contributed by atoms with Gasteiger partial charge in [0.15, 0.2) is 0 Å². The number of anilines is 1. The molecule has 162 valence electrons. The van der Waals surface area contributed by atoms with E-state index in [1.54, 1.807) is 24.3 Å². The molecule has 0 saturated carbocycles. The highest BCUT2D eigenvalue weighted by atomic mass is 32.2. The summed E-state index contributed by atoms with van der Waals surface area (Å²) < 4.78 is 26.9. The number of nitrogens with zero attached hydrogens (tertiary/aromatic N) is 2. The van der Waals surface area contributed by atoms with E-state index >= 15 is 0 Å². The van der Waals surface area contributed by atoms with Gasteiger partial charge in [0.05, 0.1) is 16.0 Å². The van der Waals surface area contributed by atoms with Crippen LogP contribution in [0.4, 0.5) is 5.69 Å². The van der Waals surface area contributed by atoms with Gasteiger partial charge in [0.2, 0.25) is 15.9 Å². The second-order valence-corrected chi connectivity index (χ2v) is 9.53. The second kappa shape index (κ2) is 8.60. The van der Waals surface area contributed by atoms with Crippen LogP contribution in [0.3, 0.4) is 0 Å². The summed E-state index contributed by atoms with van der Waals surface area (Å²) in [7, 11) is -3.53. The fraction of sp³-hybridized carbons (Fsp3) is 0.318. The molecular formula is C22H23N3O5S. The zero-order chi connectivity index (χ0) is 22.0. The van der Waals surface area contributed by atoms with Gasteiger partial charge in [-0.3, -0.25) is 19.3 Å². The quantitative estimate of drug-likeness (QED) is 0.694. The molecule has 1 N–H and O–H groups in total. The minimum absolute atomic E-state index is 0.0282. The van der Waals surface area contributed by atoms with Crippen LogP contribution < -0.4 is 5.32 Å². The SMILES string of the molecule is O=C(CCN1C(=O)c2ccccc2C1=O)Nc1ccc(S(=O)(=O)N2CCCCC2)cc1. The number of carbonyl (C=O) groups is 3. The first kappa shape index (κ1) is 21.2. The Morgan fingerprint density at radius 3 is 2.03 bits per heavy atom. The van der Waals surface area contributed by atoms with Gasteiger partial charge in [0.25, 0.3) is 11.8 Å². The number of nitrogens with one attached hydrogen (secondary N) is 1. The number of hydrogen-bond donors (Lipinski definition) is 1. The molecule has 2 heterocycles. The van der Waals surface area contributed by atoms with Crippen LogP contribution in [0.2, 0.25) is 0 Å². The number of benzene rings is 2. The molecule has 9 heteroatoms. The van der Waals surface area contributed by atoms with E-state index in [2.05, 4.69) is 5.32 Å². The Morgan fingerprint density at radius 1 is 0.871 bits per heavy atom. The van der Waals surface area contributed by atoms with Crippen molar-refractivity contribution in [3.63, 3.8) is 0 Å². The lowest BCUT2D eigenvalue weighted by Gasteiger charge is -2.25. The van der Waals surface area contributed by atoms with Gasteiger partial charge in [-0.25, -0.2) is 8.42 Å². The summed E-state index contributed by atoms with van der Waals surface area (Å²) in [5, 5.41) is 2.68. The zero-order valence-corrected chi connectivity index (χ0v) is 17.7. The molecule has 0 unspecified atom stereocenters. The van der Waals surface area contributed by atoms with E-state index in [-0.39, 0.29) is 23.8 Å². The van der Waals surface area contributed by atoms with E-state index in [0.717, 1.165) is 24.2 Å². The molecule has 2 aromatic carbocycles. The normalized spacial score (nSPS) is 17.0. The predicted molar refractivity (Wildman–Crippen MR) is 114 cm³/mol. The van der Waals surface area contributed by atoms with Gasteiger partial charge >= 0.3 is 0 Å². The number of sulfonamides is 1. The molecule has 2 aliphatic heterocycles. The third kappa shape index (κ3) is 4.24. The maximum atomic E-state index is 12.7. The van der Waals surface area contributed by atoms with Crippen LogP contribution in [0.5, 0.6) is 0 Å². The first-order valence-electron chi connectivity index (χ1n) is 10.2. The topological polar surface area (TPSA) is 104 Å². The van der Waals surface area contributed by atoms with Crippen molar-refractivity contribution in [2.75, 3.05) is 25.0 Å². The Kier molecular flexibility index (Phi) is 5.88. The van der Waals surface area contributed by atoms with Crippen LogP contribution >= 0.6 is 0 Å². The standard InChI is InChI=1S/C22H23N3O5S/c26-20(12-15-25-21(27)18-6-2-3-7-19(18)22(25)28)23-16-8-10-17(11-9-16)31(29,30)24-13-4-1-5-14-24/h2-3,6-11H,1,4-5,12-15H2,(H,23,26). The minimum atomic E-state index is -3.53.